The number of carbonyl (C=O) groups is 2. The Hall–Kier alpha value is -2.44. The van der Waals surface area contributed by atoms with Crippen LogP contribution in [0.15, 0.2) is 24.3 Å². The topological polar surface area (TPSA) is 117 Å². The number of rotatable bonds is 5. The number of benzene rings is 1. The summed E-state index contributed by atoms with van der Waals surface area (Å²) in [5.41, 5.74) is 0.856. The summed E-state index contributed by atoms with van der Waals surface area (Å²) in [7, 11) is -3.25. The highest BCUT2D eigenvalue weighted by atomic mass is 32.2. The van der Waals surface area contributed by atoms with E-state index in [0.29, 0.717) is 24.1 Å². The van der Waals surface area contributed by atoms with E-state index < -0.39 is 34.4 Å². The molecule has 0 aromatic heterocycles. The maximum absolute atomic E-state index is 12.0. The zero-order valence-electron chi connectivity index (χ0n) is 13.8. The molecule has 0 spiro atoms. The lowest BCUT2D eigenvalue weighted by atomic mass is 9.98. The quantitative estimate of drug-likeness (QED) is 0.768. The van der Waals surface area contributed by atoms with E-state index in [-0.39, 0.29) is 13.1 Å². The Labute approximate surface area is 146 Å². The van der Waals surface area contributed by atoms with Gasteiger partial charge in [-0.05, 0) is 31.0 Å². The van der Waals surface area contributed by atoms with Gasteiger partial charge in [-0.15, -0.1) is 0 Å². The second-order valence-corrected chi connectivity index (χ2v) is 7.77. The van der Waals surface area contributed by atoms with Crippen molar-refractivity contribution in [3.63, 3.8) is 0 Å². The molecule has 8 nitrogen and oxygen atoms in total. The summed E-state index contributed by atoms with van der Waals surface area (Å²) in [6, 6.07) is 8.35. The van der Waals surface area contributed by atoms with Crippen LogP contribution in [0.1, 0.15) is 18.4 Å². The summed E-state index contributed by atoms with van der Waals surface area (Å²) in [6.45, 7) is 0.111. The zero-order valence-corrected chi connectivity index (χ0v) is 14.6. The summed E-state index contributed by atoms with van der Waals surface area (Å²) in [5, 5.41) is 11.4. The molecular formula is C16H19N3O5S. The largest absolute Gasteiger partial charge is 0.455 e. The molecular weight excluding hydrogens is 346 g/mol. The summed E-state index contributed by atoms with van der Waals surface area (Å²) < 4.78 is 29.2. The van der Waals surface area contributed by atoms with Crippen LogP contribution >= 0.6 is 0 Å². The lowest BCUT2D eigenvalue weighted by Gasteiger charge is -2.28. The molecule has 134 valence electrons. The molecule has 1 aliphatic heterocycles. The first-order valence-corrected chi connectivity index (χ1v) is 9.56. The van der Waals surface area contributed by atoms with Gasteiger partial charge < -0.3 is 10.1 Å². The van der Waals surface area contributed by atoms with Crippen LogP contribution in [0, 0.1) is 17.2 Å². The fraction of sp³-hybridized carbons (Fsp3) is 0.438. The van der Waals surface area contributed by atoms with Crippen molar-refractivity contribution in [3.05, 3.63) is 29.8 Å². The number of carbonyl (C=O) groups excluding carboxylic acids is 2. The first-order valence-electron chi connectivity index (χ1n) is 7.71. The van der Waals surface area contributed by atoms with Crippen LogP contribution < -0.4 is 5.32 Å². The van der Waals surface area contributed by atoms with Crippen molar-refractivity contribution in [2.75, 3.05) is 31.3 Å². The fourth-order valence-electron chi connectivity index (χ4n) is 2.54. The van der Waals surface area contributed by atoms with E-state index in [1.807, 2.05) is 6.07 Å². The predicted octanol–water partition coefficient (Wildman–Crippen LogP) is 0.712. The average Bonchev–Trinajstić information content (AvgIpc) is 2.59. The van der Waals surface area contributed by atoms with Crippen molar-refractivity contribution >= 4 is 27.6 Å². The van der Waals surface area contributed by atoms with Crippen LogP contribution in [0.4, 0.5) is 5.69 Å². The maximum atomic E-state index is 12.0. The van der Waals surface area contributed by atoms with E-state index in [4.69, 9.17) is 10.00 Å². The first kappa shape index (κ1) is 18.9. The van der Waals surface area contributed by atoms with Crippen LogP contribution in [-0.2, 0) is 24.3 Å². The minimum atomic E-state index is -3.25. The van der Waals surface area contributed by atoms with Crippen LogP contribution in [0.5, 0.6) is 0 Å². The number of piperidine rings is 1. The Morgan fingerprint density at radius 1 is 1.36 bits per heavy atom. The number of nitriles is 1. The molecule has 0 atom stereocenters. The van der Waals surface area contributed by atoms with E-state index in [0.717, 1.165) is 6.26 Å². The van der Waals surface area contributed by atoms with Gasteiger partial charge in [-0.2, -0.15) is 5.26 Å². The Morgan fingerprint density at radius 3 is 2.64 bits per heavy atom. The number of nitrogens with one attached hydrogen (secondary N) is 1. The first-order chi connectivity index (χ1) is 11.8. The van der Waals surface area contributed by atoms with E-state index in [1.54, 1.807) is 18.2 Å². The zero-order chi connectivity index (χ0) is 18.4. The van der Waals surface area contributed by atoms with Crippen LogP contribution in [-0.4, -0.2) is 50.6 Å². The van der Waals surface area contributed by atoms with Crippen molar-refractivity contribution < 1.29 is 22.7 Å². The number of hydrogen-bond donors (Lipinski definition) is 1. The van der Waals surface area contributed by atoms with Crippen molar-refractivity contribution in [2.24, 2.45) is 5.92 Å². The third-order valence-electron chi connectivity index (χ3n) is 3.88. The summed E-state index contributed by atoms with van der Waals surface area (Å²) >= 11 is 0. The standard InChI is InChI=1S/C16H19N3O5S/c1-25(22,23)19-7-5-13(6-8-19)16(21)24-11-15(20)18-14-4-2-3-12(9-14)10-17/h2-4,9,13H,5-8,11H2,1H3,(H,18,20). The van der Waals surface area contributed by atoms with Gasteiger partial charge in [-0.3, -0.25) is 9.59 Å². The van der Waals surface area contributed by atoms with Crippen LogP contribution in [0.25, 0.3) is 0 Å². The van der Waals surface area contributed by atoms with E-state index in [9.17, 15) is 18.0 Å². The normalized spacial score (nSPS) is 16.0. The highest BCUT2D eigenvalue weighted by molar-refractivity contribution is 7.88. The van der Waals surface area contributed by atoms with Crippen LogP contribution in [0.3, 0.4) is 0 Å². The highest BCUT2D eigenvalue weighted by Gasteiger charge is 2.30. The summed E-state index contributed by atoms with van der Waals surface area (Å²) in [4.78, 5) is 23.8. The smallest absolute Gasteiger partial charge is 0.309 e. The summed E-state index contributed by atoms with van der Waals surface area (Å²) in [5.74, 6) is -1.42. The van der Waals surface area contributed by atoms with Gasteiger partial charge >= 0.3 is 5.97 Å². The van der Waals surface area contributed by atoms with Crippen LogP contribution in [0.2, 0.25) is 0 Å². The molecule has 1 heterocycles. The molecule has 0 unspecified atom stereocenters. The fourth-order valence-corrected chi connectivity index (χ4v) is 3.42. The predicted molar refractivity (Wildman–Crippen MR) is 89.9 cm³/mol. The minimum Gasteiger partial charge on any atom is -0.455 e. The van der Waals surface area contributed by atoms with Crippen molar-refractivity contribution in [3.8, 4) is 6.07 Å². The van der Waals surface area contributed by atoms with Gasteiger partial charge in [0, 0.05) is 18.8 Å². The number of ether oxygens (including phenoxy) is 1. The molecule has 0 aliphatic carbocycles. The van der Waals surface area contributed by atoms with Gasteiger partial charge in [0.25, 0.3) is 5.91 Å². The average molecular weight is 365 g/mol. The number of hydrogen-bond acceptors (Lipinski definition) is 6. The van der Waals surface area contributed by atoms with Crippen molar-refractivity contribution in [2.45, 2.75) is 12.8 Å². The van der Waals surface area contributed by atoms with Crippen molar-refractivity contribution in [1.29, 1.82) is 5.26 Å². The Balaban J connectivity index is 1.78. The molecule has 1 aromatic rings. The van der Waals surface area contributed by atoms with E-state index in [2.05, 4.69) is 5.32 Å². The minimum absolute atomic E-state index is 0.270. The molecule has 9 heteroatoms. The molecule has 25 heavy (non-hydrogen) atoms. The second-order valence-electron chi connectivity index (χ2n) is 5.78. The van der Waals surface area contributed by atoms with Crippen molar-refractivity contribution in [1.82, 2.24) is 4.31 Å². The van der Waals surface area contributed by atoms with Gasteiger partial charge in [0.05, 0.1) is 23.8 Å². The SMILES string of the molecule is CS(=O)(=O)N1CCC(C(=O)OCC(=O)Nc2cccc(C#N)c2)CC1. The molecule has 1 saturated heterocycles. The Kier molecular flexibility index (Phi) is 6.12. The number of esters is 1. The van der Waals surface area contributed by atoms with Gasteiger partial charge in [-0.25, -0.2) is 12.7 Å². The number of anilines is 1. The molecule has 0 saturated carbocycles. The number of nitrogens with zero attached hydrogens (tertiary/aromatic N) is 2. The molecule has 2 rings (SSSR count). The third kappa shape index (κ3) is 5.55. The molecule has 1 N–H and O–H groups in total. The van der Waals surface area contributed by atoms with E-state index in [1.165, 1.54) is 10.4 Å². The molecule has 0 radical (unpaired) electrons. The molecule has 1 fully saturated rings. The Bertz CT molecular complexity index is 792. The van der Waals surface area contributed by atoms with Gasteiger partial charge in [0.15, 0.2) is 6.61 Å². The third-order valence-corrected chi connectivity index (χ3v) is 5.18. The van der Waals surface area contributed by atoms with Gasteiger partial charge in [-0.1, -0.05) is 6.07 Å². The monoisotopic (exact) mass is 365 g/mol. The lowest BCUT2D eigenvalue weighted by Crippen LogP contribution is -2.40. The highest BCUT2D eigenvalue weighted by Crippen LogP contribution is 2.20. The second kappa shape index (κ2) is 8.09. The lowest BCUT2D eigenvalue weighted by molar-refractivity contribution is -0.152. The Morgan fingerprint density at radius 2 is 2.04 bits per heavy atom. The summed E-state index contributed by atoms with van der Waals surface area (Å²) in [6.07, 6.45) is 1.88. The molecule has 1 amide bonds. The molecule has 1 aliphatic rings. The van der Waals surface area contributed by atoms with Gasteiger partial charge in [0.1, 0.15) is 0 Å². The molecule has 1 aromatic carbocycles. The number of amides is 1. The molecule has 0 bridgehead atoms. The maximum Gasteiger partial charge on any atom is 0.309 e. The van der Waals surface area contributed by atoms with Gasteiger partial charge in [0.2, 0.25) is 10.0 Å². The number of sulfonamides is 1. The van der Waals surface area contributed by atoms with E-state index >= 15 is 0 Å².